The normalized spacial score (nSPS) is 11.3. The third kappa shape index (κ3) is 4.59. The van der Waals surface area contributed by atoms with Crippen LogP contribution in [0.5, 0.6) is 0 Å². The van der Waals surface area contributed by atoms with Crippen LogP contribution < -0.4 is 4.90 Å². The summed E-state index contributed by atoms with van der Waals surface area (Å²) in [6.45, 7) is 11.9. The van der Waals surface area contributed by atoms with E-state index in [1.807, 2.05) is 36.1 Å². The molecule has 4 nitrogen and oxygen atoms in total. The summed E-state index contributed by atoms with van der Waals surface area (Å²) >= 11 is 1.60. The zero-order valence-electron chi connectivity index (χ0n) is 17.2. The third-order valence-electron chi connectivity index (χ3n) is 5.16. The molecule has 0 radical (unpaired) electrons. The van der Waals surface area contributed by atoms with Crippen LogP contribution >= 0.6 is 11.3 Å². The first kappa shape index (κ1) is 20.5. The number of likely N-dealkylation sites (N-methyl/N-ethyl adjacent to an activating group) is 1. The highest BCUT2D eigenvalue weighted by molar-refractivity contribution is 7.22. The van der Waals surface area contributed by atoms with Crippen molar-refractivity contribution in [3.8, 4) is 0 Å². The minimum absolute atomic E-state index is 0.0157. The van der Waals surface area contributed by atoms with Crippen molar-refractivity contribution in [1.82, 2.24) is 9.88 Å². The Morgan fingerprint density at radius 2 is 1.71 bits per heavy atom. The Morgan fingerprint density at radius 1 is 1.00 bits per heavy atom. The van der Waals surface area contributed by atoms with Gasteiger partial charge in [0.05, 0.1) is 10.2 Å². The topological polar surface area (TPSA) is 36.4 Å². The fraction of sp³-hybridized carbons (Fsp3) is 0.391. The Morgan fingerprint density at radius 3 is 2.36 bits per heavy atom. The second-order valence-electron chi connectivity index (χ2n) is 7.00. The number of aromatic nitrogens is 1. The fourth-order valence-corrected chi connectivity index (χ4v) is 4.26. The molecule has 0 spiro atoms. The van der Waals surface area contributed by atoms with Gasteiger partial charge in [-0.15, -0.1) is 0 Å². The molecular formula is C23H29N3OS. The number of aryl methyl sites for hydroxylation is 2. The van der Waals surface area contributed by atoms with Crippen LogP contribution in [0.3, 0.4) is 0 Å². The van der Waals surface area contributed by atoms with Crippen LogP contribution in [-0.4, -0.2) is 42.0 Å². The van der Waals surface area contributed by atoms with Crippen LogP contribution in [0.15, 0.2) is 42.5 Å². The van der Waals surface area contributed by atoms with Gasteiger partial charge in [-0.1, -0.05) is 55.9 Å². The minimum atomic E-state index is 0.0157. The van der Waals surface area contributed by atoms with E-state index < -0.39 is 0 Å². The van der Waals surface area contributed by atoms with Gasteiger partial charge in [-0.3, -0.25) is 9.69 Å². The maximum atomic E-state index is 13.3. The maximum Gasteiger partial charge on any atom is 0.260 e. The van der Waals surface area contributed by atoms with E-state index in [1.165, 1.54) is 5.56 Å². The average molecular weight is 396 g/mol. The van der Waals surface area contributed by atoms with E-state index in [-0.39, 0.29) is 5.91 Å². The zero-order chi connectivity index (χ0) is 20.1. The molecule has 3 aromatic rings. The number of benzene rings is 2. The van der Waals surface area contributed by atoms with Crippen molar-refractivity contribution >= 4 is 32.6 Å². The number of hydrogen-bond acceptors (Lipinski definition) is 4. The summed E-state index contributed by atoms with van der Waals surface area (Å²) < 4.78 is 1.14. The lowest BCUT2D eigenvalue weighted by molar-refractivity contribution is 0.0984. The Kier molecular flexibility index (Phi) is 6.81. The van der Waals surface area contributed by atoms with Crippen molar-refractivity contribution in [2.24, 2.45) is 0 Å². The molecule has 0 aliphatic carbocycles. The summed E-state index contributed by atoms with van der Waals surface area (Å²) in [5.74, 6) is 0.0157. The highest BCUT2D eigenvalue weighted by Gasteiger charge is 2.22. The molecule has 0 N–H and O–H groups in total. The van der Waals surface area contributed by atoms with E-state index in [1.54, 1.807) is 11.3 Å². The molecular weight excluding hydrogens is 366 g/mol. The fourth-order valence-electron chi connectivity index (χ4n) is 3.21. The molecule has 0 unspecified atom stereocenters. The predicted octanol–water partition coefficient (Wildman–Crippen LogP) is 5.16. The summed E-state index contributed by atoms with van der Waals surface area (Å²) in [5.41, 5.74) is 4.11. The number of anilines is 1. The molecule has 148 valence electrons. The Balaban J connectivity index is 1.94. The SMILES string of the molecule is CCc1ccc2nc(N(CCN(CC)CC)C(=O)c3ccc(C)cc3)sc2c1. The standard InChI is InChI=1S/C23H29N3OS/c1-5-18-10-13-20-21(16-18)28-23(24-20)26(15-14-25(6-2)7-3)22(27)19-11-8-17(4)9-12-19/h8-13,16H,5-7,14-15H2,1-4H3. The summed E-state index contributed by atoms with van der Waals surface area (Å²) in [6.07, 6.45) is 0.997. The molecule has 0 bridgehead atoms. The van der Waals surface area contributed by atoms with Gasteiger partial charge in [-0.2, -0.15) is 0 Å². The van der Waals surface area contributed by atoms with Gasteiger partial charge in [-0.25, -0.2) is 4.98 Å². The van der Waals surface area contributed by atoms with Crippen molar-refractivity contribution in [2.45, 2.75) is 34.1 Å². The first-order valence-electron chi connectivity index (χ1n) is 10.1. The molecule has 5 heteroatoms. The molecule has 2 aromatic carbocycles. The van der Waals surface area contributed by atoms with Crippen LogP contribution in [0.1, 0.15) is 42.3 Å². The van der Waals surface area contributed by atoms with E-state index in [9.17, 15) is 4.79 Å². The average Bonchev–Trinajstić information content (AvgIpc) is 3.14. The molecule has 1 aromatic heterocycles. The minimum Gasteiger partial charge on any atom is -0.302 e. The van der Waals surface area contributed by atoms with E-state index in [0.29, 0.717) is 12.1 Å². The van der Waals surface area contributed by atoms with Gasteiger partial charge >= 0.3 is 0 Å². The van der Waals surface area contributed by atoms with Crippen molar-refractivity contribution in [1.29, 1.82) is 0 Å². The van der Waals surface area contributed by atoms with Gasteiger partial charge in [0.15, 0.2) is 5.13 Å². The van der Waals surface area contributed by atoms with Crippen molar-refractivity contribution in [2.75, 3.05) is 31.1 Å². The predicted molar refractivity (Wildman–Crippen MR) is 120 cm³/mol. The van der Waals surface area contributed by atoms with Crippen LogP contribution in [0.25, 0.3) is 10.2 Å². The van der Waals surface area contributed by atoms with Crippen molar-refractivity contribution in [3.05, 3.63) is 59.2 Å². The first-order valence-corrected chi connectivity index (χ1v) is 10.9. The van der Waals surface area contributed by atoms with Gasteiger partial charge in [0.2, 0.25) is 0 Å². The number of hydrogen-bond donors (Lipinski definition) is 0. The van der Waals surface area contributed by atoms with E-state index in [2.05, 4.69) is 43.9 Å². The molecule has 3 rings (SSSR count). The number of carbonyl (C=O) groups is 1. The molecule has 0 aliphatic heterocycles. The lowest BCUT2D eigenvalue weighted by atomic mass is 10.1. The molecule has 0 fully saturated rings. The number of amides is 1. The van der Waals surface area contributed by atoms with Gasteiger partial charge in [0, 0.05) is 18.7 Å². The molecule has 0 saturated carbocycles. The summed E-state index contributed by atoms with van der Waals surface area (Å²) in [5, 5.41) is 0.779. The van der Waals surface area contributed by atoms with Crippen LogP contribution in [0.4, 0.5) is 5.13 Å². The van der Waals surface area contributed by atoms with Crippen LogP contribution in [-0.2, 0) is 6.42 Å². The number of thiazole rings is 1. The van der Waals surface area contributed by atoms with E-state index >= 15 is 0 Å². The quantitative estimate of drug-likeness (QED) is 0.529. The Hall–Kier alpha value is -2.24. The van der Waals surface area contributed by atoms with Crippen molar-refractivity contribution < 1.29 is 4.79 Å². The maximum absolute atomic E-state index is 13.3. The lowest BCUT2D eigenvalue weighted by Gasteiger charge is -2.24. The molecule has 28 heavy (non-hydrogen) atoms. The molecule has 1 heterocycles. The van der Waals surface area contributed by atoms with Gasteiger partial charge in [0.25, 0.3) is 5.91 Å². The number of nitrogens with zero attached hydrogens (tertiary/aromatic N) is 3. The molecule has 0 atom stereocenters. The Bertz CT molecular complexity index is 929. The van der Waals surface area contributed by atoms with Crippen molar-refractivity contribution in [3.63, 3.8) is 0 Å². The summed E-state index contributed by atoms with van der Waals surface area (Å²) in [6, 6.07) is 14.2. The second-order valence-corrected chi connectivity index (χ2v) is 8.01. The van der Waals surface area contributed by atoms with Gasteiger partial charge in [-0.05, 0) is 56.3 Å². The van der Waals surface area contributed by atoms with Crippen LogP contribution in [0, 0.1) is 6.92 Å². The second kappa shape index (κ2) is 9.30. The third-order valence-corrected chi connectivity index (χ3v) is 6.20. The highest BCUT2D eigenvalue weighted by atomic mass is 32.1. The molecule has 0 aliphatic rings. The largest absolute Gasteiger partial charge is 0.302 e. The summed E-state index contributed by atoms with van der Waals surface area (Å²) in [7, 11) is 0. The molecule has 1 amide bonds. The number of rotatable bonds is 8. The van der Waals surface area contributed by atoms with Gasteiger partial charge in [0.1, 0.15) is 0 Å². The van der Waals surface area contributed by atoms with E-state index in [4.69, 9.17) is 4.98 Å². The number of carbonyl (C=O) groups excluding carboxylic acids is 1. The monoisotopic (exact) mass is 395 g/mol. The van der Waals surface area contributed by atoms with Crippen LogP contribution in [0.2, 0.25) is 0 Å². The smallest absolute Gasteiger partial charge is 0.260 e. The lowest BCUT2D eigenvalue weighted by Crippen LogP contribution is -2.38. The first-order chi connectivity index (χ1) is 13.5. The number of fused-ring (bicyclic) bond motifs is 1. The Labute approximate surface area is 171 Å². The highest BCUT2D eigenvalue weighted by Crippen LogP contribution is 2.30. The van der Waals surface area contributed by atoms with Gasteiger partial charge < -0.3 is 4.90 Å². The molecule has 0 saturated heterocycles. The van der Waals surface area contributed by atoms with E-state index in [0.717, 1.165) is 47.0 Å². The zero-order valence-corrected chi connectivity index (χ0v) is 18.1. The summed E-state index contributed by atoms with van der Waals surface area (Å²) in [4.78, 5) is 22.3.